The molecule has 1 aromatic heterocycles. The molecular weight excluding hydrogens is 332 g/mol. The van der Waals surface area contributed by atoms with E-state index in [1.165, 1.54) is 10.4 Å². The molecule has 130 valence electrons. The average Bonchev–Trinajstić information content (AvgIpc) is 3.45. The van der Waals surface area contributed by atoms with Crippen LogP contribution in [0.1, 0.15) is 47.9 Å². The van der Waals surface area contributed by atoms with E-state index in [0.29, 0.717) is 32.0 Å². The number of carbonyl (C=O) groups excluding carboxylic acids is 1. The summed E-state index contributed by atoms with van der Waals surface area (Å²) in [4.78, 5) is 32.9. The van der Waals surface area contributed by atoms with Gasteiger partial charge in [-0.05, 0) is 25.7 Å². The lowest BCUT2D eigenvalue weighted by atomic mass is 10.3. The number of nitrogens with one attached hydrogen (secondary N) is 1. The first kappa shape index (κ1) is 15.8. The standard InChI is InChI=1S/C15H20N4O4S/c20-13-9-12(16-14(17-13)10-1-2-10)15(21)18-5-7-19(8-6-18)24(22,23)11-3-4-11/h9-11H,1-8H2,(H,16,17,20). The summed E-state index contributed by atoms with van der Waals surface area (Å²) < 4.78 is 25.9. The van der Waals surface area contributed by atoms with Gasteiger partial charge in [-0.1, -0.05) is 0 Å². The van der Waals surface area contributed by atoms with Gasteiger partial charge >= 0.3 is 0 Å². The van der Waals surface area contributed by atoms with E-state index in [1.807, 2.05) is 0 Å². The van der Waals surface area contributed by atoms with E-state index in [1.54, 1.807) is 4.90 Å². The highest BCUT2D eigenvalue weighted by molar-refractivity contribution is 7.90. The summed E-state index contributed by atoms with van der Waals surface area (Å²) >= 11 is 0. The van der Waals surface area contributed by atoms with E-state index in [0.717, 1.165) is 25.7 Å². The van der Waals surface area contributed by atoms with Crippen LogP contribution in [-0.4, -0.2) is 64.9 Å². The van der Waals surface area contributed by atoms with Crippen LogP contribution in [0.4, 0.5) is 0 Å². The third-order valence-electron chi connectivity index (χ3n) is 4.77. The summed E-state index contributed by atoms with van der Waals surface area (Å²) in [5, 5.41) is -0.227. The summed E-state index contributed by atoms with van der Waals surface area (Å²) in [5.74, 6) is 0.540. The Labute approximate surface area is 139 Å². The fourth-order valence-electron chi connectivity index (χ4n) is 3.02. The van der Waals surface area contributed by atoms with Crippen molar-refractivity contribution in [3.8, 4) is 0 Å². The molecule has 1 aromatic rings. The number of aromatic amines is 1. The summed E-state index contributed by atoms with van der Waals surface area (Å²) in [5.41, 5.74) is -0.163. The molecule has 0 atom stereocenters. The van der Waals surface area contributed by atoms with Gasteiger partial charge in [0.25, 0.3) is 11.5 Å². The van der Waals surface area contributed by atoms with Gasteiger partial charge in [0.1, 0.15) is 11.5 Å². The second-order valence-corrected chi connectivity index (χ2v) is 8.94. The SMILES string of the molecule is O=C(c1cc(=O)[nH]c(C2CC2)n1)N1CCN(S(=O)(=O)C2CC2)CC1. The Morgan fingerprint density at radius 2 is 1.79 bits per heavy atom. The van der Waals surface area contributed by atoms with E-state index >= 15 is 0 Å². The lowest BCUT2D eigenvalue weighted by Crippen LogP contribution is -2.51. The zero-order valence-electron chi connectivity index (χ0n) is 13.3. The number of piperazine rings is 1. The Morgan fingerprint density at radius 3 is 2.38 bits per heavy atom. The van der Waals surface area contributed by atoms with Crippen molar-refractivity contribution in [2.75, 3.05) is 26.2 Å². The Morgan fingerprint density at radius 1 is 1.12 bits per heavy atom. The molecule has 0 radical (unpaired) electrons. The minimum atomic E-state index is -3.19. The highest BCUT2D eigenvalue weighted by Gasteiger charge is 2.41. The molecule has 9 heteroatoms. The van der Waals surface area contributed by atoms with Gasteiger partial charge in [0, 0.05) is 38.2 Å². The van der Waals surface area contributed by atoms with Crippen molar-refractivity contribution in [3.05, 3.63) is 27.9 Å². The molecule has 2 saturated carbocycles. The van der Waals surface area contributed by atoms with E-state index in [-0.39, 0.29) is 28.3 Å². The molecule has 1 saturated heterocycles. The lowest BCUT2D eigenvalue weighted by molar-refractivity contribution is 0.0691. The van der Waals surface area contributed by atoms with Gasteiger partial charge in [0.05, 0.1) is 5.25 Å². The molecule has 3 aliphatic rings. The number of sulfonamides is 1. The van der Waals surface area contributed by atoms with Crippen LogP contribution < -0.4 is 5.56 Å². The van der Waals surface area contributed by atoms with Crippen LogP contribution in [0.5, 0.6) is 0 Å². The highest BCUT2D eigenvalue weighted by atomic mass is 32.2. The van der Waals surface area contributed by atoms with Crippen LogP contribution in [0.2, 0.25) is 0 Å². The van der Waals surface area contributed by atoms with Crippen molar-refractivity contribution in [1.29, 1.82) is 0 Å². The monoisotopic (exact) mass is 352 g/mol. The summed E-state index contributed by atoms with van der Waals surface area (Å²) in [6, 6.07) is 1.22. The maximum absolute atomic E-state index is 12.6. The maximum Gasteiger partial charge on any atom is 0.272 e. The van der Waals surface area contributed by atoms with E-state index < -0.39 is 10.0 Å². The minimum absolute atomic E-state index is 0.152. The molecule has 1 amide bonds. The number of carbonyl (C=O) groups is 1. The second-order valence-electron chi connectivity index (χ2n) is 6.73. The molecule has 1 N–H and O–H groups in total. The molecule has 0 bridgehead atoms. The molecule has 1 aliphatic heterocycles. The quantitative estimate of drug-likeness (QED) is 0.815. The fourth-order valence-corrected chi connectivity index (χ4v) is 4.85. The van der Waals surface area contributed by atoms with Crippen LogP contribution in [0.15, 0.2) is 10.9 Å². The first-order valence-electron chi connectivity index (χ1n) is 8.34. The van der Waals surface area contributed by atoms with Gasteiger partial charge in [-0.25, -0.2) is 13.4 Å². The molecule has 4 rings (SSSR count). The van der Waals surface area contributed by atoms with Gasteiger partial charge in [-0.15, -0.1) is 0 Å². The van der Waals surface area contributed by atoms with Crippen LogP contribution >= 0.6 is 0 Å². The number of rotatable bonds is 4. The predicted molar refractivity (Wildman–Crippen MR) is 86.3 cm³/mol. The first-order chi connectivity index (χ1) is 11.4. The number of H-pyrrole nitrogens is 1. The van der Waals surface area contributed by atoms with Crippen LogP contribution in [0.3, 0.4) is 0 Å². The molecular formula is C15H20N4O4S. The lowest BCUT2D eigenvalue weighted by Gasteiger charge is -2.33. The van der Waals surface area contributed by atoms with Crippen LogP contribution in [0, 0.1) is 0 Å². The van der Waals surface area contributed by atoms with Gasteiger partial charge in [0.2, 0.25) is 10.0 Å². The van der Waals surface area contributed by atoms with E-state index in [4.69, 9.17) is 0 Å². The Kier molecular flexibility index (Phi) is 3.72. The average molecular weight is 352 g/mol. The second kappa shape index (κ2) is 5.66. The van der Waals surface area contributed by atoms with Crippen molar-refractivity contribution in [1.82, 2.24) is 19.2 Å². The number of amides is 1. The summed E-state index contributed by atoms with van der Waals surface area (Å²) in [6.45, 7) is 1.28. The zero-order valence-corrected chi connectivity index (χ0v) is 14.1. The smallest absolute Gasteiger partial charge is 0.272 e. The topological polar surface area (TPSA) is 103 Å². The third kappa shape index (κ3) is 2.98. The molecule has 8 nitrogen and oxygen atoms in total. The Balaban J connectivity index is 1.45. The number of hydrogen-bond donors (Lipinski definition) is 1. The van der Waals surface area contributed by atoms with Gasteiger partial charge < -0.3 is 9.88 Å². The molecule has 2 aliphatic carbocycles. The largest absolute Gasteiger partial charge is 0.335 e. The number of aromatic nitrogens is 2. The van der Waals surface area contributed by atoms with Crippen LogP contribution in [-0.2, 0) is 10.0 Å². The molecule has 0 unspecified atom stereocenters. The fraction of sp³-hybridized carbons (Fsp3) is 0.667. The van der Waals surface area contributed by atoms with Crippen molar-refractivity contribution >= 4 is 15.9 Å². The summed E-state index contributed by atoms with van der Waals surface area (Å²) in [7, 11) is -3.19. The number of hydrogen-bond acceptors (Lipinski definition) is 5. The molecule has 0 aromatic carbocycles. The summed E-state index contributed by atoms with van der Waals surface area (Å²) in [6.07, 6.45) is 3.45. The molecule has 24 heavy (non-hydrogen) atoms. The van der Waals surface area contributed by atoms with Crippen molar-refractivity contribution in [2.24, 2.45) is 0 Å². The predicted octanol–water partition coefficient (Wildman–Crippen LogP) is -0.103. The van der Waals surface area contributed by atoms with E-state index in [9.17, 15) is 18.0 Å². The normalized spacial score (nSPS) is 22.6. The van der Waals surface area contributed by atoms with Crippen molar-refractivity contribution < 1.29 is 13.2 Å². The van der Waals surface area contributed by atoms with Crippen molar-refractivity contribution in [2.45, 2.75) is 36.9 Å². The molecule has 2 heterocycles. The van der Waals surface area contributed by atoms with Gasteiger partial charge in [-0.2, -0.15) is 4.31 Å². The number of nitrogens with zero attached hydrogens (tertiary/aromatic N) is 3. The maximum atomic E-state index is 12.6. The molecule has 0 spiro atoms. The van der Waals surface area contributed by atoms with Crippen LogP contribution in [0.25, 0.3) is 0 Å². The van der Waals surface area contributed by atoms with Crippen molar-refractivity contribution in [3.63, 3.8) is 0 Å². The minimum Gasteiger partial charge on any atom is -0.335 e. The Bertz CT molecular complexity index is 818. The van der Waals surface area contributed by atoms with E-state index in [2.05, 4.69) is 9.97 Å². The Hall–Kier alpha value is -1.74. The third-order valence-corrected chi connectivity index (χ3v) is 7.17. The highest BCUT2D eigenvalue weighted by Crippen LogP contribution is 2.37. The zero-order chi connectivity index (χ0) is 16.9. The first-order valence-corrected chi connectivity index (χ1v) is 9.85. The molecule has 3 fully saturated rings. The van der Waals surface area contributed by atoms with Gasteiger partial charge in [0.15, 0.2) is 0 Å². The van der Waals surface area contributed by atoms with Gasteiger partial charge in [-0.3, -0.25) is 9.59 Å².